The van der Waals surface area contributed by atoms with Crippen molar-refractivity contribution in [3.63, 3.8) is 0 Å². The molecule has 23 heavy (non-hydrogen) atoms. The fourth-order valence-electron chi connectivity index (χ4n) is 1.67. The number of nitrogens with zero attached hydrogens (tertiary/aromatic N) is 2. The first-order valence-electron chi connectivity index (χ1n) is 7.91. The van der Waals surface area contributed by atoms with Crippen LogP contribution in [0, 0.1) is 5.41 Å². The Morgan fingerprint density at radius 1 is 1.26 bits per heavy atom. The van der Waals surface area contributed by atoms with Gasteiger partial charge in [0, 0.05) is 30.9 Å². The van der Waals surface area contributed by atoms with Crippen molar-refractivity contribution < 1.29 is 4.79 Å². The Balaban J connectivity index is 2.31. The van der Waals surface area contributed by atoms with Crippen molar-refractivity contribution in [3.05, 3.63) is 16.1 Å². The van der Waals surface area contributed by atoms with Crippen LogP contribution in [0.15, 0.2) is 10.4 Å². The molecule has 0 aliphatic heterocycles. The fourth-order valence-corrected chi connectivity index (χ4v) is 2.57. The van der Waals surface area contributed by atoms with Crippen molar-refractivity contribution in [1.82, 2.24) is 20.9 Å². The van der Waals surface area contributed by atoms with E-state index < -0.39 is 0 Å². The Labute approximate surface area is 143 Å². The predicted octanol–water partition coefficient (Wildman–Crippen LogP) is 2.09. The third kappa shape index (κ3) is 6.99. The number of aliphatic imine (C=N–C) groups is 1. The molecule has 1 rings (SSSR count). The third-order valence-electron chi connectivity index (χ3n) is 3.18. The number of thiazole rings is 1. The van der Waals surface area contributed by atoms with Crippen molar-refractivity contribution in [3.8, 4) is 0 Å². The molecule has 0 radical (unpaired) electrons. The molecule has 0 aliphatic carbocycles. The van der Waals surface area contributed by atoms with Crippen LogP contribution in [0.1, 0.15) is 51.2 Å². The van der Waals surface area contributed by atoms with E-state index in [2.05, 4.69) is 45.2 Å². The predicted molar refractivity (Wildman–Crippen MR) is 96.9 cm³/mol. The fraction of sp³-hybridized carbons (Fsp3) is 0.688. The maximum atomic E-state index is 11.8. The van der Waals surface area contributed by atoms with Crippen molar-refractivity contribution in [2.75, 3.05) is 20.1 Å². The first-order valence-corrected chi connectivity index (χ1v) is 8.79. The van der Waals surface area contributed by atoms with E-state index >= 15 is 0 Å². The lowest BCUT2D eigenvalue weighted by molar-refractivity contribution is -0.128. The molecule has 6 nitrogen and oxygen atoms in total. The normalized spacial score (nSPS) is 12.4. The molecule has 130 valence electrons. The lowest BCUT2D eigenvalue weighted by Gasteiger charge is -2.18. The number of rotatable bonds is 6. The van der Waals surface area contributed by atoms with Crippen LogP contribution in [-0.4, -0.2) is 37.0 Å². The summed E-state index contributed by atoms with van der Waals surface area (Å²) in [5.74, 6) is 1.20. The van der Waals surface area contributed by atoms with E-state index in [1.54, 1.807) is 18.4 Å². The molecule has 0 bridgehead atoms. The highest BCUT2D eigenvalue weighted by Gasteiger charge is 2.20. The van der Waals surface area contributed by atoms with Gasteiger partial charge in [-0.3, -0.25) is 9.79 Å². The van der Waals surface area contributed by atoms with E-state index in [0.717, 1.165) is 10.7 Å². The molecule has 1 aromatic heterocycles. The summed E-state index contributed by atoms with van der Waals surface area (Å²) in [5.41, 5.74) is 0.762. The lowest BCUT2D eigenvalue weighted by Crippen LogP contribution is -2.43. The van der Waals surface area contributed by atoms with E-state index in [1.807, 2.05) is 20.8 Å². The van der Waals surface area contributed by atoms with Crippen LogP contribution in [0.25, 0.3) is 0 Å². The Bertz CT molecular complexity index is 531. The molecule has 1 heterocycles. The molecular formula is C16H29N5OS. The highest BCUT2D eigenvalue weighted by Crippen LogP contribution is 2.17. The monoisotopic (exact) mass is 339 g/mol. The first kappa shape index (κ1) is 19.4. The number of aromatic nitrogens is 1. The van der Waals surface area contributed by atoms with Crippen LogP contribution in [0.2, 0.25) is 0 Å². The standard InChI is InChI=1S/C16H29N5OS/c1-11(2)12-10-23-13(21-12)9-20-15(17-6)19-8-7-18-14(22)16(3,4)5/h10-11H,7-9H2,1-6H3,(H,18,22)(H2,17,19,20). The molecule has 0 atom stereocenters. The zero-order valence-electron chi connectivity index (χ0n) is 15.0. The van der Waals surface area contributed by atoms with Gasteiger partial charge < -0.3 is 16.0 Å². The van der Waals surface area contributed by atoms with Crippen molar-refractivity contribution in [2.45, 2.75) is 47.1 Å². The largest absolute Gasteiger partial charge is 0.355 e. The summed E-state index contributed by atoms with van der Waals surface area (Å²) in [4.78, 5) is 20.5. The Hall–Kier alpha value is -1.63. The van der Waals surface area contributed by atoms with E-state index in [1.165, 1.54) is 0 Å². The summed E-state index contributed by atoms with van der Waals surface area (Å²) < 4.78 is 0. The first-order chi connectivity index (χ1) is 10.7. The van der Waals surface area contributed by atoms with Gasteiger partial charge in [0.05, 0.1) is 12.2 Å². The van der Waals surface area contributed by atoms with E-state index in [4.69, 9.17) is 0 Å². The Morgan fingerprint density at radius 3 is 2.43 bits per heavy atom. The van der Waals surface area contributed by atoms with Gasteiger partial charge in [-0.25, -0.2) is 4.98 Å². The molecule has 0 spiro atoms. The van der Waals surface area contributed by atoms with Crippen molar-refractivity contribution >= 4 is 23.2 Å². The van der Waals surface area contributed by atoms with Gasteiger partial charge in [0.2, 0.25) is 5.91 Å². The number of carbonyl (C=O) groups excluding carboxylic acids is 1. The molecule has 0 saturated heterocycles. The quantitative estimate of drug-likeness (QED) is 0.421. The summed E-state index contributed by atoms with van der Waals surface area (Å²) in [6, 6.07) is 0. The Morgan fingerprint density at radius 2 is 1.91 bits per heavy atom. The van der Waals surface area contributed by atoms with Gasteiger partial charge in [-0.2, -0.15) is 0 Å². The van der Waals surface area contributed by atoms with E-state index in [9.17, 15) is 4.79 Å². The van der Waals surface area contributed by atoms with Crippen LogP contribution >= 0.6 is 11.3 Å². The number of carbonyl (C=O) groups is 1. The van der Waals surface area contributed by atoms with Crippen LogP contribution in [-0.2, 0) is 11.3 Å². The molecule has 0 unspecified atom stereocenters. The number of hydrogen-bond donors (Lipinski definition) is 3. The molecule has 0 saturated carbocycles. The van der Waals surface area contributed by atoms with Gasteiger partial charge in [0.15, 0.2) is 5.96 Å². The lowest BCUT2D eigenvalue weighted by atomic mass is 9.96. The summed E-state index contributed by atoms with van der Waals surface area (Å²) in [6.07, 6.45) is 0. The number of guanidine groups is 1. The second-order valence-electron chi connectivity index (χ2n) is 6.68. The second-order valence-corrected chi connectivity index (χ2v) is 7.62. The Kier molecular flexibility index (Phi) is 7.48. The summed E-state index contributed by atoms with van der Waals surface area (Å²) in [6.45, 7) is 11.8. The minimum atomic E-state index is -0.362. The number of hydrogen-bond acceptors (Lipinski definition) is 4. The summed E-state index contributed by atoms with van der Waals surface area (Å²) >= 11 is 1.65. The van der Waals surface area contributed by atoms with Gasteiger partial charge in [-0.1, -0.05) is 34.6 Å². The van der Waals surface area contributed by atoms with Gasteiger partial charge in [-0.05, 0) is 5.92 Å². The number of nitrogens with one attached hydrogen (secondary N) is 3. The number of amides is 1. The summed E-state index contributed by atoms with van der Waals surface area (Å²) in [7, 11) is 1.73. The maximum absolute atomic E-state index is 11.8. The molecule has 1 aromatic rings. The van der Waals surface area contributed by atoms with Gasteiger partial charge in [0.1, 0.15) is 5.01 Å². The smallest absolute Gasteiger partial charge is 0.225 e. The molecule has 3 N–H and O–H groups in total. The third-order valence-corrected chi connectivity index (χ3v) is 4.04. The minimum absolute atomic E-state index is 0.0475. The molecule has 7 heteroatoms. The maximum Gasteiger partial charge on any atom is 0.225 e. The topological polar surface area (TPSA) is 78.4 Å². The molecule has 1 amide bonds. The van der Waals surface area contributed by atoms with Crippen molar-refractivity contribution in [1.29, 1.82) is 0 Å². The van der Waals surface area contributed by atoms with Crippen LogP contribution < -0.4 is 16.0 Å². The zero-order valence-corrected chi connectivity index (χ0v) is 15.8. The van der Waals surface area contributed by atoms with Crippen LogP contribution in [0.5, 0.6) is 0 Å². The SMILES string of the molecule is CN=C(NCCNC(=O)C(C)(C)C)NCc1nc(C(C)C)cs1. The molecule has 0 aliphatic rings. The molecule has 0 fully saturated rings. The highest BCUT2D eigenvalue weighted by molar-refractivity contribution is 7.09. The van der Waals surface area contributed by atoms with Crippen molar-refractivity contribution in [2.24, 2.45) is 10.4 Å². The molecule has 0 aromatic carbocycles. The summed E-state index contributed by atoms with van der Waals surface area (Å²) in [5, 5.41) is 12.4. The van der Waals surface area contributed by atoms with Crippen LogP contribution in [0.3, 0.4) is 0 Å². The highest BCUT2D eigenvalue weighted by atomic mass is 32.1. The van der Waals surface area contributed by atoms with Gasteiger partial charge >= 0.3 is 0 Å². The van der Waals surface area contributed by atoms with Gasteiger partial charge in [-0.15, -0.1) is 11.3 Å². The van der Waals surface area contributed by atoms with Gasteiger partial charge in [0.25, 0.3) is 0 Å². The van der Waals surface area contributed by atoms with E-state index in [-0.39, 0.29) is 11.3 Å². The minimum Gasteiger partial charge on any atom is -0.355 e. The van der Waals surface area contributed by atoms with Crippen LogP contribution in [0.4, 0.5) is 0 Å². The second kappa shape index (κ2) is 8.86. The average Bonchev–Trinajstić information content (AvgIpc) is 2.94. The average molecular weight is 340 g/mol. The molecular weight excluding hydrogens is 310 g/mol. The van der Waals surface area contributed by atoms with E-state index in [0.29, 0.717) is 31.5 Å². The zero-order chi connectivity index (χ0) is 17.5.